The van der Waals surface area contributed by atoms with E-state index in [4.69, 9.17) is 8.85 Å². The lowest BCUT2D eigenvalue weighted by Gasteiger charge is -2.27. The summed E-state index contributed by atoms with van der Waals surface area (Å²) in [5.74, 6) is 0.905. The summed E-state index contributed by atoms with van der Waals surface area (Å²) < 4.78 is 12.3. The summed E-state index contributed by atoms with van der Waals surface area (Å²) in [6, 6.07) is 19.1. The first-order valence-electron chi connectivity index (χ1n) is 9.84. The molecule has 0 saturated heterocycles. The molecule has 2 aromatic carbocycles. The van der Waals surface area contributed by atoms with Gasteiger partial charge in [0.15, 0.2) is 0 Å². The van der Waals surface area contributed by atoms with Gasteiger partial charge in [0.1, 0.15) is 5.75 Å². The van der Waals surface area contributed by atoms with E-state index >= 15 is 0 Å². The second-order valence-corrected chi connectivity index (χ2v) is 11.2. The second-order valence-electron chi connectivity index (χ2n) is 7.93. The molecule has 0 radical (unpaired) electrons. The summed E-state index contributed by atoms with van der Waals surface area (Å²) >= 11 is 0. The number of hydrogen-bond donors (Lipinski definition) is 0. The van der Waals surface area contributed by atoms with Crippen LogP contribution in [0.1, 0.15) is 57.6 Å². The van der Waals surface area contributed by atoms with Crippen molar-refractivity contribution in [3.8, 4) is 5.75 Å². The summed E-state index contributed by atoms with van der Waals surface area (Å²) in [5, 5.41) is 0. The smallest absolute Gasteiger partial charge is 0.392 e. The van der Waals surface area contributed by atoms with E-state index in [1.165, 1.54) is 30.4 Å². The summed E-state index contributed by atoms with van der Waals surface area (Å²) in [7, 11) is -2.13. The Kier molecular flexibility index (Phi) is 7.48. The summed E-state index contributed by atoms with van der Waals surface area (Å²) in [5.41, 5.74) is 2.58. The minimum absolute atomic E-state index is 0.0253. The van der Waals surface area contributed by atoms with Crippen molar-refractivity contribution in [3.63, 3.8) is 0 Å². The van der Waals surface area contributed by atoms with E-state index in [-0.39, 0.29) is 5.41 Å². The van der Waals surface area contributed by atoms with Gasteiger partial charge in [0.25, 0.3) is 0 Å². The van der Waals surface area contributed by atoms with Gasteiger partial charge in [-0.1, -0.05) is 82.5 Å². The van der Waals surface area contributed by atoms with Crippen LogP contribution in [-0.2, 0) is 9.84 Å². The fourth-order valence-corrected chi connectivity index (χ4v) is 4.52. The van der Waals surface area contributed by atoms with Crippen LogP contribution in [0.4, 0.5) is 0 Å². The minimum atomic E-state index is -2.13. The fourth-order valence-electron chi connectivity index (χ4n) is 3.12. The summed E-state index contributed by atoms with van der Waals surface area (Å²) in [6.07, 6.45) is 4.90. The van der Waals surface area contributed by atoms with E-state index in [0.29, 0.717) is 0 Å². The molecule has 0 atom stereocenters. The molecular formula is C23H34O2Si. The molecule has 2 aromatic rings. The van der Waals surface area contributed by atoms with Crippen LogP contribution in [0, 0.1) is 0 Å². The van der Waals surface area contributed by atoms with Crippen molar-refractivity contribution in [2.75, 3.05) is 6.61 Å². The van der Waals surface area contributed by atoms with Crippen LogP contribution in [0.2, 0.25) is 13.1 Å². The lowest BCUT2D eigenvalue weighted by atomic mass is 9.78. The van der Waals surface area contributed by atoms with Crippen LogP contribution >= 0.6 is 0 Å². The molecule has 2 rings (SSSR count). The molecule has 3 heteroatoms. The standard InChI is InChI=1S/C23H34O2Si/c1-6-7-8-12-19-24-26(4,5)25-22-17-15-21(16-18-22)23(2,3)20-13-10-9-11-14-20/h9-11,13-18H,6-8,12,19H2,1-5H3. The zero-order valence-electron chi connectivity index (χ0n) is 17.0. The van der Waals surface area contributed by atoms with Crippen molar-refractivity contribution in [3.05, 3.63) is 65.7 Å². The molecular weight excluding hydrogens is 336 g/mol. The van der Waals surface area contributed by atoms with Crippen molar-refractivity contribution < 1.29 is 8.85 Å². The Balaban J connectivity index is 1.96. The van der Waals surface area contributed by atoms with E-state index in [9.17, 15) is 0 Å². The lowest BCUT2D eigenvalue weighted by Crippen LogP contribution is -2.38. The van der Waals surface area contributed by atoms with Gasteiger partial charge in [-0.2, -0.15) is 0 Å². The van der Waals surface area contributed by atoms with E-state index in [2.05, 4.69) is 88.5 Å². The highest BCUT2D eigenvalue weighted by Crippen LogP contribution is 2.32. The van der Waals surface area contributed by atoms with Gasteiger partial charge in [-0.05, 0) is 42.8 Å². The predicted octanol–water partition coefficient (Wildman–Crippen LogP) is 6.69. The molecule has 0 aliphatic rings. The Labute approximate surface area is 160 Å². The number of unbranched alkanes of at least 4 members (excludes halogenated alkanes) is 3. The van der Waals surface area contributed by atoms with E-state index < -0.39 is 8.56 Å². The number of benzene rings is 2. The van der Waals surface area contributed by atoms with Gasteiger partial charge >= 0.3 is 8.56 Å². The first-order chi connectivity index (χ1) is 12.3. The topological polar surface area (TPSA) is 18.5 Å². The Bertz CT molecular complexity index is 648. The Morgan fingerprint density at radius 1 is 0.808 bits per heavy atom. The SMILES string of the molecule is CCCCCCO[Si](C)(C)Oc1ccc(C(C)(C)c2ccccc2)cc1. The maximum Gasteiger partial charge on any atom is 0.392 e. The van der Waals surface area contributed by atoms with Crippen LogP contribution in [-0.4, -0.2) is 15.2 Å². The third kappa shape index (κ3) is 5.99. The maximum atomic E-state index is 6.20. The Morgan fingerprint density at radius 3 is 2.04 bits per heavy atom. The molecule has 0 saturated carbocycles. The van der Waals surface area contributed by atoms with Gasteiger partial charge in [-0.15, -0.1) is 0 Å². The largest absolute Gasteiger partial charge is 0.520 e. The van der Waals surface area contributed by atoms with Crippen molar-refractivity contribution in [2.45, 2.75) is 65.0 Å². The van der Waals surface area contributed by atoms with E-state index in [1.54, 1.807) is 0 Å². The molecule has 0 bridgehead atoms. The van der Waals surface area contributed by atoms with Crippen LogP contribution in [0.5, 0.6) is 5.75 Å². The lowest BCUT2D eigenvalue weighted by molar-refractivity contribution is 0.241. The van der Waals surface area contributed by atoms with Crippen LogP contribution in [0.3, 0.4) is 0 Å². The molecule has 0 heterocycles. The normalized spacial score (nSPS) is 12.2. The van der Waals surface area contributed by atoms with Crippen molar-refractivity contribution in [1.82, 2.24) is 0 Å². The van der Waals surface area contributed by atoms with Gasteiger partial charge in [0.2, 0.25) is 0 Å². The maximum absolute atomic E-state index is 6.20. The first kappa shape index (κ1) is 20.7. The zero-order valence-corrected chi connectivity index (χ0v) is 18.0. The van der Waals surface area contributed by atoms with Gasteiger partial charge in [0, 0.05) is 12.0 Å². The van der Waals surface area contributed by atoms with E-state index in [1.807, 2.05) is 0 Å². The van der Waals surface area contributed by atoms with Crippen LogP contribution in [0.15, 0.2) is 54.6 Å². The third-order valence-electron chi connectivity index (χ3n) is 4.88. The molecule has 2 nitrogen and oxygen atoms in total. The van der Waals surface area contributed by atoms with Crippen LogP contribution < -0.4 is 4.43 Å². The van der Waals surface area contributed by atoms with Gasteiger partial charge < -0.3 is 8.85 Å². The van der Waals surface area contributed by atoms with E-state index in [0.717, 1.165) is 18.8 Å². The molecule has 0 aliphatic carbocycles. The fraction of sp³-hybridized carbons (Fsp3) is 0.478. The average Bonchev–Trinajstić information content (AvgIpc) is 2.62. The second kappa shape index (κ2) is 9.38. The summed E-state index contributed by atoms with van der Waals surface area (Å²) in [6.45, 7) is 11.8. The molecule has 142 valence electrons. The highest BCUT2D eigenvalue weighted by atomic mass is 28.4. The minimum Gasteiger partial charge on any atom is -0.520 e. The third-order valence-corrected chi connectivity index (χ3v) is 6.51. The van der Waals surface area contributed by atoms with Crippen molar-refractivity contribution in [1.29, 1.82) is 0 Å². The molecule has 26 heavy (non-hydrogen) atoms. The average molecular weight is 371 g/mol. The highest BCUT2D eigenvalue weighted by molar-refractivity contribution is 6.65. The molecule has 0 aliphatic heterocycles. The number of hydrogen-bond acceptors (Lipinski definition) is 2. The molecule has 0 aromatic heterocycles. The molecule has 0 fully saturated rings. The molecule has 0 N–H and O–H groups in total. The highest BCUT2D eigenvalue weighted by Gasteiger charge is 2.27. The zero-order chi connectivity index (χ0) is 19.0. The number of rotatable bonds is 10. The summed E-state index contributed by atoms with van der Waals surface area (Å²) in [4.78, 5) is 0. The molecule has 0 unspecified atom stereocenters. The van der Waals surface area contributed by atoms with Crippen molar-refractivity contribution in [2.24, 2.45) is 0 Å². The Morgan fingerprint density at radius 2 is 1.42 bits per heavy atom. The van der Waals surface area contributed by atoms with Gasteiger partial charge in [-0.25, -0.2) is 0 Å². The van der Waals surface area contributed by atoms with Gasteiger partial charge in [0.05, 0.1) is 0 Å². The Hall–Kier alpha value is -1.58. The predicted molar refractivity (Wildman–Crippen MR) is 113 cm³/mol. The first-order valence-corrected chi connectivity index (χ1v) is 12.7. The monoisotopic (exact) mass is 370 g/mol. The van der Waals surface area contributed by atoms with Crippen molar-refractivity contribution >= 4 is 8.56 Å². The molecule has 0 spiro atoms. The van der Waals surface area contributed by atoms with Gasteiger partial charge in [-0.3, -0.25) is 0 Å². The molecule has 0 amide bonds. The van der Waals surface area contributed by atoms with Crippen LogP contribution in [0.25, 0.3) is 0 Å². The quantitative estimate of drug-likeness (QED) is 0.342.